The van der Waals surface area contributed by atoms with Gasteiger partial charge < -0.3 is 10.1 Å². The van der Waals surface area contributed by atoms with Gasteiger partial charge in [-0.3, -0.25) is 4.79 Å². The van der Waals surface area contributed by atoms with Gasteiger partial charge in [-0.1, -0.05) is 11.6 Å². The van der Waals surface area contributed by atoms with Gasteiger partial charge >= 0.3 is 0 Å². The fourth-order valence-corrected chi connectivity index (χ4v) is 2.02. The number of nitrogens with one attached hydrogen (secondary N) is 1. The highest BCUT2D eigenvalue weighted by Gasteiger charge is 2.16. The van der Waals surface area contributed by atoms with Crippen LogP contribution in [0.3, 0.4) is 0 Å². The molecule has 0 bridgehead atoms. The van der Waals surface area contributed by atoms with Crippen LogP contribution in [0.2, 0.25) is 5.02 Å². The molecule has 1 aliphatic carbocycles. The average molecular weight is 252 g/mol. The van der Waals surface area contributed by atoms with Crippen molar-refractivity contribution in [2.45, 2.75) is 19.3 Å². The van der Waals surface area contributed by atoms with Crippen molar-refractivity contribution in [1.82, 2.24) is 0 Å². The lowest BCUT2D eigenvalue weighted by Crippen LogP contribution is -1.98. The summed E-state index contributed by atoms with van der Waals surface area (Å²) in [5.41, 5.74) is 1.61. The Morgan fingerprint density at radius 1 is 1.41 bits per heavy atom. The molecule has 0 atom stereocenters. The maximum Gasteiger partial charge on any atom is 0.160 e. The third-order valence-corrected chi connectivity index (χ3v) is 3.01. The normalized spacial score (nSPS) is 17.5. The first-order valence-corrected chi connectivity index (χ1v) is 5.91. The third kappa shape index (κ3) is 2.80. The number of allylic oxidation sites excluding steroid dienone is 1. The molecule has 0 saturated heterocycles. The molecule has 1 saturated carbocycles. The monoisotopic (exact) mass is 251 g/mol. The summed E-state index contributed by atoms with van der Waals surface area (Å²) in [5, 5.41) is 3.71. The van der Waals surface area contributed by atoms with Crippen molar-refractivity contribution in [3.8, 4) is 5.75 Å². The Morgan fingerprint density at radius 2 is 2.24 bits per heavy atom. The molecule has 17 heavy (non-hydrogen) atoms. The highest BCUT2D eigenvalue weighted by atomic mass is 35.5. The van der Waals surface area contributed by atoms with E-state index in [1.165, 1.54) is 0 Å². The second-order valence-corrected chi connectivity index (χ2v) is 4.37. The smallest absolute Gasteiger partial charge is 0.160 e. The molecule has 1 fully saturated rings. The highest BCUT2D eigenvalue weighted by molar-refractivity contribution is 6.30. The summed E-state index contributed by atoms with van der Waals surface area (Å²) >= 11 is 5.91. The maximum atomic E-state index is 11.5. The lowest BCUT2D eigenvalue weighted by molar-refractivity contribution is -0.114. The number of Topliss-reactive ketones (excluding diaryl/α,β-unsaturated/α-hetero) is 1. The van der Waals surface area contributed by atoms with Gasteiger partial charge in [0, 0.05) is 23.2 Å². The zero-order chi connectivity index (χ0) is 12.3. The first-order valence-electron chi connectivity index (χ1n) is 5.53. The van der Waals surface area contributed by atoms with E-state index in [1.54, 1.807) is 31.5 Å². The van der Waals surface area contributed by atoms with Gasteiger partial charge in [0.1, 0.15) is 5.75 Å². The van der Waals surface area contributed by atoms with Crippen LogP contribution >= 0.6 is 11.6 Å². The van der Waals surface area contributed by atoms with Gasteiger partial charge in [-0.15, -0.1) is 0 Å². The van der Waals surface area contributed by atoms with E-state index in [-0.39, 0.29) is 5.78 Å². The molecule has 0 amide bonds. The van der Waals surface area contributed by atoms with Crippen molar-refractivity contribution in [2.75, 3.05) is 12.4 Å². The number of benzene rings is 1. The fraction of sp³-hybridized carbons (Fsp3) is 0.308. The second-order valence-electron chi connectivity index (χ2n) is 3.94. The van der Waals surface area contributed by atoms with E-state index in [1.807, 2.05) is 0 Å². The van der Waals surface area contributed by atoms with E-state index in [2.05, 4.69) is 5.32 Å². The maximum absolute atomic E-state index is 11.5. The minimum absolute atomic E-state index is 0.221. The van der Waals surface area contributed by atoms with Crippen molar-refractivity contribution < 1.29 is 9.53 Å². The molecule has 90 valence electrons. The van der Waals surface area contributed by atoms with E-state index >= 15 is 0 Å². The lowest BCUT2D eigenvalue weighted by Gasteiger charge is -2.08. The zero-order valence-corrected chi connectivity index (χ0v) is 10.4. The van der Waals surface area contributed by atoms with E-state index < -0.39 is 0 Å². The molecule has 0 aromatic heterocycles. The molecular formula is C13H14ClNO2. The second kappa shape index (κ2) is 5.23. The third-order valence-electron chi connectivity index (χ3n) is 2.77. The number of anilines is 1. The van der Waals surface area contributed by atoms with Crippen LogP contribution in [-0.4, -0.2) is 12.9 Å². The van der Waals surface area contributed by atoms with E-state index in [0.717, 1.165) is 24.1 Å². The van der Waals surface area contributed by atoms with Crippen LogP contribution in [0.1, 0.15) is 19.3 Å². The van der Waals surface area contributed by atoms with Gasteiger partial charge in [0.2, 0.25) is 0 Å². The zero-order valence-electron chi connectivity index (χ0n) is 9.63. The minimum Gasteiger partial charge on any atom is -0.495 e. The van der Waals surface area contributed by atoms with Crippen LogP contribution in [0.4, 0.5) is 5.69 Å². The van der Waals surface area contributed by atoms with Crippen LogP contribution in [0, 0.1) is 0 Å². The molecule has 0 radical (unpaired) electrons. The Bertz CT molecular complexity index is 468. The first kappa shape index (κ1) is 12.0. The molecule has 1 aromatic carbocycles. The van der Waals surface area contributed by atoms with Crippen molar-refractivity contribution >= 4 is 23.1 Å². The van der Waals surface area contributed by atoms with Gasteiger partial charge in [0.05, 0.1) is 12.8 Å². The van der Waals surface area contributed by atoms with Gasteiger partial charge in [0.15, 0.2) is 5.78 Å². The molecule has 1 aromatic rings. The Morgan fingerprint density at radius 3 is 2.88 bits per heavy atom. The predicted octanol–water partition coefficient (Wildman–Crippen LogP) is 3.40. The van der Waals surface area contributed by atoms with Crippen molar-refractivity contribution in [3.05, 3.63) is 35.0 Å². The summed E-state index contributed by atoms with van der Waals surface area (Å²) in [6, 6.07) is 5.33. The molecular weight excluding hydrogens is 238 g/mol. The summed E-state index contributed by atoms with van der Waals surface area (Å²) in [7, 11) is 1.60. The minimum atomic E-state index is 0.221. The number of ether oxygens (including phenoxy) is 1. The van der Waals surface area contributed by atoms with Crippen LogP contribution in [0.5, 0.6) is 5.75 Å². The lowest BCUT2D eigenvalue weighted by atomic mass is 10.2. The number of rotatable bonds is 3. The summed E-state index contributed by atoms with van der Waals surface area (Å²) in [6.45, 7) is 0. The molecule has 1 N–H and O–H groups in total. The summed E-state index contributed by atoms with van der Waals surface area (Å²) in [4.78, 5) is 11.5. The average Bonchev–Trinajstić information content (AvgIpc) is 2.72. The predicted molar refractivity (Wildman–Crippen MR) is 68.6 cm³/mol. The molecule has 0 spiro atoms. The molecule has 1 aliphatic rings. The molecule has 0 heterocycles. The standard InChI is InChI=1S/C13H14ClNO2/c1-17-13-6-5-10(14)7-11(13)15-8-9-3-2-4-12(9)16/h5-8,15H,2-4H2,1H3/b9-8-. The topological polar surface area (TPSA) is 38.3 Å². The number of ketones is 1. The molecule has 2 rings (SSSR count). The van der Waals surface area contributed by atoms with E-state index in [0.29, 0.717) is 17.2 Å². The Balaban J connectivity index is 2.18. The summed E-state index contributed by atoms with van der Waals surface area (Å²) < 4.78 is 5.21. The number of hydrogen-bond acceptors (Lipinski definition) is 3. The number of carbonyl (C=O) groups is 1. The summed E-state index contributed by atoms with van der Waals surface area (Å²) in [6.07, 6.45) is 4.19. The SMILES string of the molecule is COc1ccc(Cl)cc1N/C=C1/CCCC1=O. The fourth-order valence-electron chi connectivity index (χ4n) is 1.85. The summed E-state index contributed by atoms with van der Waals surface area (Å²) in [5.74, 6) is 0.926. The van der Waals surface area contributed by atoms with Gasteiger partial charge in [-0.2, -0.15) is 0 Å². The quantitative estimate of drug-likeness (QED) is 0.837. The van der Waals surface area contributed by atoms with Crippen LogP contribution in [0.15, 0.2) is 30.0 Å². The highest BCUT2D eigenvalue weighted by Crippen LogP contribution is 2.28. The van der Waals surface area contributed by atoms with Crippen molar-refractivity contribution in [2.24, 2.45) is 0 Å². The molecule has 0 unspecified atom stereocenters. The number of methoxy groups -OCH3 is 1. The molecule has 3 nitrogen and oxygen atoms in total. The van der Waals surface area contributed by atoms with Crippen LogP contribution < -0.4 is 10.1 Å². The van der Waals surface area contributed by atoms with Gasteiger partial charge in [-0.25, -0.2) is 0 Å². The number of hydrogen-bond donors (Lipinski definition) is 1. The van der Waals surface area contributed by atoms with Gasteiger partial charge in [0.25, 0.3) is 0 Å². The molecule has 0 aliphatic heterocycles. The Hall–Kier alpha value is -1.48. The van der Waals surface area contributed by atoms with Crippen LogP contribution in [0.25, 0.3) is 0 Å². The first-order chi connectivity index (χ1) is 8.20. The van der Waals surface area contributed by atoms with Gasteiger partial charge in [-0.05, 0) is 31.0 Å². The molecule has 4 heteroatoms. The van der Waals surface area contributed by atoms with Crippen LogP contribution in [-0.2, 0) is 4.79 Å². The van der Waals surface area contributed by atoms with E-state index in [9.17, 15) is 4.79 Å². The Kier molecular flexibility index (Phi) is 3.69. The van der Waals surface area contributed by atoms with Crippen molar-refractivity contribution in [3.63, 3.8) is 0 Å². The van der Waals surface area contributed by atoms with E-state index in [4.69, 9.17) is 16.3 Å². The van der Waals surface area contributed by atoms with Crippen molar-refractivity contribution in [1.29, 1.82) is 0 Å². The number of carbonyl (C=O) groups excluding carboxylic acids is 1. The Labute approximate surface area is 105 Å². The largest absolute Gasteiger partial charge is 0.495 e. The number of halogens is 1.